The van der Waals surface area contributed by atoms with Crippen molar-refractivity contribution in [3.63, 3.8) is 0 Å². The first kappa shape index (κ1) is 6.92. The molecule has 1 aromatic rings. The Kier molecular flexibility index (Phi) is 1.80. The molecule has 2 nitrogen and oxygen atoms in total. The highest BCUT2D eigenvalue weighted by Gasteiger charge is 2.04. The van der Waals surface area contributed by atoms with Crippen LogP contribution < -0.4 is 5.56 Å². The maximum Gasteiger partial charge on any atom is 0.321 e. The molecule has 0 aromatic carbocycles. The van der Waals surface area contributed by atoms with Gasteiger partial charge in [0.25, 0.3) is 5.56 Å². The van der Waals surface area contributed by atoms with Crippen LogP contribution in [0.15, 0.2) is 23.1 Å². The number of hydrogen-bond donors (Lipinski definition) is 0. The second-order valence-corrected chi connectivity index (χ2v) is 1.64. The number of halogens is 2. The predicted molar refractivity (Wildman–Crippen MR) is 30.8 cm³/mol. The maximum atomic E-state index is 11.8. The fourth-order valence-electron chi connectivity index (χ4n) is 0.551. The highest BCUT2D eigenvalue weighted by atomic mass is 19.3. The van der Waals surface area contributed by atoms with Crippen molar-refractivity contribution in [1.82, 2.24) is 4.57 Å². The van der Waals surface area contributed by atoms with Gasteiger partial charge in [0, 0.05) is 6.20 Å². The van der Waals surface area contributed by atoms with Gasteiger partial charge in [-0.3, -0.25) is 9.36 Å². The first-order valence-corrected chi connectivity index (χ1v) is 2.59. The topological polar surface area (TPSA) is 22.0 Å². The third-order valence-electron chi connectivity index (χ3n) is 0.994. The van der Waals surface area contributed by atoms with Crippen LogP contribution in [-0.4, -0.2) is 4.57 Å². The molecule has 0 atom stereocenters. The summed E-state index contributed by atoms with van der Waals surface area (Å²) in [5.41, 5.74) is -0.808. The third-order valence-corrected chi connectivity index (χ3v) is 0.994. The molecule has 0 saturated carbocycles. The summed E-state index contributed by atoms with van der Waals surface area (Å²) in [4.78, 5) is 10.5. The molecule has 0 amide bonds. The van der Waals surface area contributed by atoms with Crippen molar-refractivity contribution in [2.75, 3.05) is 0 Å². The Hall–Kier alpha value is -1.19. The lowest BCUT2D eigenvalue weighted by molar-refractivity contribution is 0.0663. The van der Waals surface area contributed by atoms with Crippen molar-refractivity contribution in [2.24, 2.45) is 0 Å². The summed E-state index contributed by atoms with van der Waals surface area (Å²) in [5, 5.41) is 0. The van der Waals surface area contributed by atoms with Gasteiger partial charge in [-0.25, -0.2) is 0 Å². The van der Waals surface area contributed by atoms with E-state index in [-0.39, 0.29) is 0 Å². The molecule has 0 N–H and O–H groups in total. The molecule has 0 aliphatic heterocycles. The number of nitrogens with zero attached hydrogens (tertiary/aromatic N) is 1. The average molecular weight is 144 g/mol. The van der Waals surface area contributed by atoms with Crippen molar-refractivity contribution in [2.45, 2.75) is 6.55 Å². The molecule has 0 aliphatic carbocycles. The monoisotopic (exact) mass is 144 g/mol. The van der Waals surface area contributed by atoms with Crippen LogP contribution in [0.3, 0.4) is 0 Å². The van der Waals surface area contributed by atoms with Crippen LogP contribution in [0.4, 0.5) is 8.78 Å². The summed E-state index contributed by atoms with van der Waals surface area (Å²) in [6.07, 6.45) is 1.02. The van der Waals surface area contributed by atoms with Crippen LogP contribution in [-0.2, 0) is 0 Å². The predicted octanol–water partition coefficient (Wildman–Crippen LogP) is 1.04. The molecule has 1 rings (SSSR count). The zero-order chi connectivity index (χ0) is 7.56. The second kappa shape index (κ2) is 2.60. The molecule has 4 heteroatoms. The molecule has 0 bridgehead atoms. The fraction of sp³-hybridized carbons (Fsp3) is 0.167. The van der Waals surface area contributed by atoms with Crippen molar-refractivity contribution in [1.29, 1.82) is 0 Å². The maximum absolute atomic E-state index is 11.8. The summed E-state index contributed by atoms with van der Waals surface area (Å²) < 4.78 is 23.8. The van der Waals surface area contributed by atoms with Gasteiger partial charge in [0.15, 0.2) is 0 Å². The summed E-state index contributed by atoms with van der Waals surface area (Å²) >= 11 is 0. The van der Waals surface area contributed by atoms with E-state index in [1.165, 1.54) is 12.1 Å². The van der Waals surface area contributed by atoms with Crippen LogP contribution in [0.25, 0.3) is 0 Å². The standard InChI is InChI=1S/C6H4F2NO/c7-6(8)9-4-2-1-3-5(9)10/h1-2,4,6H. The number of rotatable bonds is 1. The van der Waals surface area contributed by atoms with Gasteiger partial charge in [0.05, 0.1) is 6.07 Å². The molecule has 1 radical (unpaired) electrons. The lowest BCUT2D eigenvalue weighted by atomic mass is 10.5. The molecule has 53 valence electrons. The van der Waals surface area contributed by atoms with E-state index in [0.29, 0.717) is 4.57 Å². The zero-order valence-electron chi connectivity index (χ0n) is 4.92. The van der Waals surface area contributed by atoms with E-state index in [9.17, 15) is 13.6 Å². The summed E-state index contributed by atoms with van der Waals surface area (Å²) in [7, 11) is 0. The molecule has 0 unspecified atom stereocenters. The number of aromatic nitrogens is 1. The number of alkyl halides is 2. The van der Waals surface area contributed by atoms with Crippen molar-refractivity contribution in [3.8, 4) is 0 Å². The fourth-order valence-corrected chi connectivity index (χ4v) is 0.551. The zero-order valence-corrected chi connectivity index (χ0v) is 4.92. The smallest absolute Gasteiger partial charge is 0.269 e. The Bertz CT molecular complexity index is 268. The molecule has 0 fully saturated rings. The van der Waals surface area contributed by atoms with E-state index in [4.69, 9.17) is 0 Å². The third kappa shape index (κ3) is 1.21. The summed E-state index contributed by atoms with van der Waals surface area (Å²) in [6, 6.07) is 4.73. The Morgan fingerprint density at radius 2 is 2.30 bits per heavy atom. The van der Waals surface area contributed by atoms with E-state index in [0.717, 1.165) is 6.20 Å². The normalized spacial score (nSPS) is 10.3. The van der Waals surface area contributed by atoms with E-state index < -0.39 is 12.1 Å². The van der Waals surface area contributed by atoms with Crippen molar-refractivity contribution in [3.05, 3.63) is 34.7 Å². The van der Waals surface area contributed by atoms with Gasteiger partial charge in [-0.2, -0.15) is 8.78 Å². The highest BCUT2D eigenvalue weighted by Crippen LogP contribution is 2.03. The molecule has 10 heavy (non-hydrogen) atoms. The lowest BCUT2D eigenvalue weighted by Crippen LogP contribution is -2.18. The van der Waals surface area contributed by atoms with Gasteiger partial charge in [-0.1, -0.05) is 0 Å². The van der Waals surface area contributed by atoms with Gasteiger partial charge in [-0.15, -0.1) is 0 Å². The van der Waals surface area contributed by atoms with Crippen LogP contribution in [0.1, 0.15) is 6.55 Å². The minimum Gasteiger partial charge on any atom is -0.269 e. The molecule has 0 aliphatic rings. The molecule has 1 heterocycles. The second-order valence-electron chi connectivity index (χ2n) is 1.64. The van der Waals surface area contributed by atoms with E-state index in [1.807, 2.05) is 0 Å². The van der Waals surface area contributed by atoms with Crippen LogP contribution >= 0.6 is 0 Å². The summed E-state index contributed by atoms with van der Waals surface area (Å²) in [6.45, 7) is -2.77. The number of pyridine rings is 1. The van der Waals surface area contributed by atoms with Gasteiger partial charge >= 0.3 is 6.55 Å². The van der Waals surface area contributed by atoms with Gasteiger partial charge in [0.2, 0.25) is 0 Å². The SMILES string of the molecule is O=c1[c]cccn1C(F)F. The minimum absolute atomic E-state index is 0.306. The van der Waals surface area contributed by atoms with Crippen molar-refractivity contribution < 1.29 is 8.78 Å². The van der Waals surface area contributed by atoms with Gasteiger partial charge in [0.1, 0.15) is 0 Å². The van der Waals surface area contributed by atoms with Gasteiger partial charge < -0.3 is 0 Å². The Morgan fingerprint density at radius 1 is 1.60 bits per heavy atom. The molecule has 0 spiro atoms. The first-order chi connectivity index (χ1) is 4.72. The van der Waals surface area contributed by atoms with Gasteiger partial charge in [-0.05, 0) is 12.1 Å². The van der Waals surface area contributed by atoms with Crippen molar-refractivity contribution >= 4 is 0 Å². The minimum atomic E-state index is -2.77. The molecular weight excluding hydrogens is 140 g/mol. The van der Waals surface area contributed by atoms with Crippen LogP contribution in [0, 0.1) is 6.07 Å². The molecular formula is C6H4F2NO. The lowest BCUT2D eigenvalue weighted by Gasteiger charge is -1.99. The average Bonchev–Trinajstić information content (AvgIpc) is 1.88. The van der Waals surface area contributed by atoms with E-state index in [2.05, 4.69) is 6.07 Å². The molecule has 1 aromatic heterocycles. The van der Waals surface area contributed by atoms with Crippen LogP contribution in [0.2, 0.25) is 0 Å². The Morgan fingerprint density at radius 3 is 2.70 bits per heavy atom. The number of hydrogen-bond acceptors (Lipinski definition) is 1. The Balaban J connectivity index is 3.16. The summed E-state index contributed by atoms with van der Waals surface area (Å²) in [5.74, 6) is 0. The van der Waals surface area contributed by atoms with Crippen LogP contribution in [0.5, 0.6) is 0 Å². The van der Waals surface area contributed by atoms with E-state index >= 15 is 0 Å². The largest absolute Gasteiger partial charge is 0.321 e. The highest BCUT2D eigenvalue weighted by molar-refractivity contribution is 4.91. The quantitative estimate of drug-likeness (QED) is 0.577. The Labute approximate surface area is 55.7 Å². The molecule has 0 saturated heterocycles. The van der Waals surface area contributed by atoms with E-state index in [1.54, 1.807) is 0 Å². The first-order valence-electron chi connectivity index (χ1n) is 2.59.